The molecule has 1 aliphatic rings. The Balaban J connectivity index is 1.60. The maximum Gasteiger partial charge on any atom is 0.141 e. The minimum absolute atomic E-state index is 0.192. The number of aryl methyl sites for hydroxylation is 1. The third-order valence-corrected chi connectivity index (χ3v) is 4.49. The maximum absolute atomic E-state index is 13.1. The van der Waals surface area contributed by atoms with E-state index < -0.39 is 0 Å². The van der Waals surface area contributed by atoms with Gasteiger partial charge < -0.3 is 5.32 Å². The van der Waals surface area contributed by atoms with Crippen LogP contribution in [0.5, 0.6) is 0 Å². The normalized spacial score (nSPS) is 17.5. The Hall–Kier alpha value is -1.38. The van der Waals surface area contributed by atoms with Gasteiger partial charge in [0.05, 0.1) is 5.02 Å². The summed E-state index contributed by atoms with van der Waals surface area (Å²) >= 11 is 5.81. The van der Waals surface area contributed by atoms with Crippen molar-refractivity contribution in [1.82, 2.24) is 5.32 Å². The summed E-state index contributed by atoms with van der Waals surface area (Å²) < 4.78 is 13.1. The Kier molecular flexibility index (Phi) is 4.57. The van der Waals surface area contributed by atoms with Crippen LogP contribution in [-0.4, -0.2) is 6.54 Å². The van der Waals surface area contributed by atoms with Gasteiger partial charge in [-0.15, -0.1) is 0 Å². The first-order valence-electron chi connectivity index (χ1n) is 7.46. The van der Waals surface area contributed by atoms with Gasteiger partial charge in [-0.25, -0.2) is 4.39 Å². The van der Waals surface area contributed by atoms with Gasteiger partial charge in [-0.05, 0) is 54.0 Å². The molecule has 21 heavy (non-hydrogen) atoms. The molecule has 1 aliphatic carbocycles. The van der Waals surface area contributed by atoms with E-state index >= 15 is 0 Å². The van der Waals surface area contributed by atoms with E-state index in [1.165, 1.54) is 36.5 Å². The highest BCUT2D eigenvalue weighted by molar-refractivity contribution is 6.30. The van der Waals surface area contributed by atoms with Gasteiger partial charge in [-0.1, -0.05) is 41.9 Å². The molecule has 0 bridgehead atoms. The van der Waals surface area contributed by atoms with Crippen LogP contribution in [0.2, 0.25) is 5.02 Å². The summed E-state index contributed by atoms with van der Waals surface area (Å²) in [6, 6.07) is 13.6. The van der Waals surface area contributed by atoms with Crippen LogP contribution in [0.4, 0.5) is 4.39 Å². The second-order valence-electron chi connectivity index (χ2n) is 5.67. The van der Waals surface area contributed by atoms with E-state index in [9.17, 15) is 4.39 Å². The molecule has 0 spiro atoms. The van der Waals surface area contributed by atoms with Gasteiger partial charge in [0.2, 0.25) is 0 Å². The number of hydrogen-bond acceptors (Lipinski definition) is 1. The van der Waals surface area contributed by atoms with E-state index in [2.05, 4.69) is 29.6 Å². The SMILES string of the molecule is Fc1ccc(CNCC2CCCc3ccccc32)cc1Cl. The van der Waals surface area contributed by atoms with Gasteiger partial charge in [-0.2, -0.15) is 0 Å². The lowest BCUT2D eigenvalue weighted by Crippen LogP contribution is -2.24. The fraction of sp³-hybridized carbons (Fsp3) is 0.333. The second kappa shape index (κ2) is 6.59. The van der Waals surface area contributed by atoms with Gasteiger partial charge in [0.1, 0.15) is 5.82 Å². The van der Waals surface area contributed by atoms with Crippen LogP contribution >= 0.6 is 11.6 Å². The highest BCUT2D eigenvalue weighted by Crippen LogP contribution is 2.30. The summed E-state index contributed by atoms with van der Waals surface area (Å²) in [7, 11) is 0. The van der Waals surface area contributed by atoms with Crippen molar-refractivity contribution in [1.29, 1.82) is 0 Å². The van der Waals surface area contributed by atoms with E-state index in [0.29, 0.717) is 5.92 Å². The van der Waals surface area contributed by atoms with Crippen molar-refractivity contribution in [2.24, 2.45) is 0 Å². The van der Waals surface area contributed by atoms with E-state index in [4.69, 9.17) is 11.6 Å². The van der Waals surface area contributed by atoms with Gasteiger partial charge in [0.25, 0.3) is 0 Å². The zero-order valence-corrected chi connectivity index (χ0v) is 12.7. The number of nitrogens with one attached hydrogen (secondary N) is 1. The zero-order valence-electron chi connectivity index (χ0n) is 11.9. The molecule has 0 aliphatic heterocycles. The monoisotopic (exact) mass is 303 g/mol. The molecule has 1 N–H and O–H groups in total. The van der Waals surface area contributed by atoms with Gasteiger partial charge in [0, 0.05) is 13.1 Å². The Morgan fingerprint density at radius 2 is 2.05 bits per heavy atom. The second-order valence-corrected chi connectivity index (χ2v) is 6.07. The molecule has 110 valence electrons. The Morgan fingerprint density at radius 1 is 1.19 bits per heavy atom. The van der Waals surface area contributed by atoms with E-state index in [1.807, 2.05) is 0 Å². The third-order valence-electron chi connectivity index (χ3n) is 4.20. The van der Waals surface area contributed by atoms with Crippen LogP contribution in [0.25, 0.3) is 0 Å². The first-order valence-corrected chi connectivity index (χ1v) is 7.84. The molecule has 0 radical (unpaired) electrons. The van der Waals surface area contributed by atoms with Gasteiger partial charge in [-0.3, -0.25) is 0 Å². The Bertz CT molecular complexity index is 626. The highest BCUT2D eigenvalue weighted by atomic mass is 35.5. The van der Waals surface area contributed by atoms with E-state index in [1.54, 1.807) is 12.1 Å². The van der Waals surface area contributed by atoms with Crippen molar-refractivity contribution in [3.63, 3.8) is 0 Å². The van der Waals surface area contributed by atoms with Crippen LogP contribution < -0.4 is 5.32 Å². The van der Waals surface area contributed by atoms with Crippen LogP contribution in [0, 0.1) is 5.82 Å². The molecular weight excluding hydrogens is 285 g/mol. The number of rotatable bonds is 4. The van der Waals surface area contributed by atoms with Crippen LogP contribution in [0.15, 0.2) is 42.5 Å². The van der Waals surface area contributed by atoms with Gasteiger partial charge >= 0.3 is 0 Å². The first kappa shape index (κ1) is 14.6. The van der Waals surface area contributed by atoms with E-state index in [-0.39, 0.29) is 10.8 Å². The maximum atomic E-state index is 13.1. The van der Waals surface area contributed by atoms with Crippen molar-refractivity contribution >= 4 is 11.6 Å². The van der Waals surface area contributed by atoms with Crippen LogP contribution in [0.1, 0.15) is 35.4 Å². The van der Waals surface area contributed by atoms with Crippen LogP contribution in [-0.2, 0) is 13.0 Å². The molecule has 2 aromatic carbocycles. The smallest absolute Gasteiger partial charge is 0.141 e. The molecular formula is C18H19ClFN. The largest absolute Gasteiger partial charge is 0.312 e. The Labute approximate surface area is 130 Å². The molecule has 0 saturated heterocycles. The lowest BCUT2D eigenvalue weighted by atomic mass is 9.83. The summed E-state index contributed by atoms with van der Waals surface area (Å²) in [5.41, 5.74) is 3.99. The molecule has 0 saturated carbocycles. The molecule has 2 aromatic rings. The molecule has 0 heterocycles. The summed E-state index contributed by atoms with van der Waals surface area (Å²) in [5.74, 6) is 0.215. The van der Waals surface area contributed by atoms with E-state index in [0.717, 1.165) is 18.7 Å². The van der Waals surface area contributed by atoms with Crippen molar-refractivity contribution in [3.05, 3.63) is 70.0 Å². The average molecular weight is 304 g/mol. The summed E-state index contributed by atoms with van der Waals surface area (Å²) in [6.07, 6.45) is 3.68. The third kappa shape index (κ3) is 3.45. The zero-order chi connectivity index (χ0) is 14.7. The standard InChI is InChI=1S/C18H19ClFN/c19-17-10-13(8-9-18(17)20)11-21-12-15-6-3-5-14-4-1-2-7-16(14)15/h1-2,4,7-10,15,21H,3,5-6,11-12H2. The van der Waals surface area contributed by atoms with Crippen LogP contribution in [0.3, 0.4) is 0 Å². The fourth-order valence-corrected chi connectivity index (χ4v) is 3.31. The minimum Gasteiger partial charge on any atom is -0.312 e. The molecule has 0 aromatic heterocycles. The summed E-state index contributed by atoms with van der Waals surface area (Å²) in [6.45, 7) is 1.67. The van der Waals surface area contributed by atoms with Crippen molar-refractivity contribution in [2.45, 2.75) is 31.7 Å². The predicted octanol–water partition coefficient (Wildman–Crippen LogP) is 4.69. The van der Waals surface area contributed by atoms with Gasteiger partial charge in [0.15, 0.2) is 0 Å². The number of benzene rings is 2. The van der Waals surface area contributed by atoms with Crippen molar-refractivity contribution < 1.29 is 4.39 Å². The molecule has 1 unspecified atom stereocenters. The summed E-state index contributed by atoms with van der Waals surface area (Å²) in [4.78, 5) is 0. The molecule has 3 heteroatoms. The quantitative estimate of drug-likeness (QED) is 0.864. The minimum atomic E-state index is -0.360. The first-order chi connectivity index (χ1) is 10.2. The molecule has 0 fully saturated rings. The summed E-state index contributed by atoms with van der Waals surface area (Å²) in [5, 5.41) is 3.67. The fourth-order valence-electron chi connectivity index (χ4n) is 3.11. The van der Waals surface area contributed by atoms with Crippen molar-refractivity contribution in [3.8, 4) is 0 Å². The predicted molar refractivity (Wildman–Crippen MR) is 85.2 cm³/mol. The topological polar surface area (TPSA) is 12.0 Å². The highest BCUT2D eigenvalue weighted by Gasteiger charge is 2.19. The lowest BCUT2D eigenvalue weighted by molar-refractivity contribution is 0.507. The van der Waals surface area contributed by atoms with Crippen molar-refractivity contribution in [2.75, 3.05) is 6.54 Å². The number of halogens is 2. The number of hydrogen-bond donors (Lipinski definition) is 1. The number of fused-ring (bicyclic) bond motifs is 1. The lowest BCUT2D eigenvalue weighted by Gasteiger charge is -2.25. The average Bonchev–Trinajstić information content (AvgIpc) is 2.51. The molecule has 3 rings (SSSR count). The molecule has 1 nitrogen and oxygen atoms in total. The Morgan fingerprint density at radius 3 is 2.90 bits per heavy atom. The molecule has 1 atom stereocenters. The molecule has 0 amide bonds.